The van der Waals surface area contributed by atoms with Crippen LogP contribution in [0.15, 0.2) is 0 Å². The van der Waals surface area contributed by atoms with Crippen molar-refractivity contribution in [3.8, 4) is 0 Å². The van der Waals surface area contributed by atoms with E-state index in [1.54, 1.807) is 0 Å². The molecule has 1 aliphatic rings. The van der Waals surface area contributed by atoms with Crippen molar-refractivity contribution in [3.05, 3.63) is 0 Å². The number of rotatable bonds is 0. The molecule has 1 heterocycles. The molecule has 0 unspecified atom stereocenters. The first-order valence-electron chi connectivity index (χ1n) is 2.02. The Morgan fingerprint density at radius 2 is 1.62 bits per heavy atom. The second-order valence-electron chi connectivity index (χ2n) is 1.35. The monoisotopic (exact) mass is 124 g/mol. The molecule has 0 spiro atoms. The first-order valence-corrected chi connectivity index (χ1v) is 2.02. The van der Waals surface area contributed by atoms with Crippen LogP contribution in [0.25, 0.3) is 0 Å². The molecule has 0 N–H and O–H groups in total. The molecule has 0 aromatic carbocycles. The summed E-state index contributed by atoms with van der Waals surface area (Å²) in [6, 6.07) is 0. The first-order chi connectivity index (χ1) is 3.29. The third kappa shape index (κ3) is 1.94. The van der Waals surface area contributed by atoms with Gasteiger partial charge in [0.05, 0.1) is 12.8 Å². The van der Waals surface area contributed by atoms with Crippen LogP contribution in [0.2, 0.25) is 0 Å². The number of hydrogen-bond acceptors (Lipinski definition) is 3. The number of cyclic esters (lactones) is 2. The Bertz CT molecular complexity index is 111. The summed E-state index contributed by atoms with van der Waals surface area (Å²) in [6.45, 7) is 0. The van der Waals surface area contributed by atoms with Gasteiger partial charge >= 0.3 is 41.5 Å². The molecule has 40 valence electrons. The Morgan fingerprint density at radius 1 is 1.25 bits per heavy atom. The van der Waals surface area contributed by atoms with Crippen molar-refractivity contribution in [1.29, 1.82) is 0 Å². The molecule has 1 aliphatic heterocycles. The Morgan fingerprint density at radius 3 is 1.75 bits per heavy atom. The fourth-order valence-electron chi connectivity index (χ4n) is 0.433. The van der Waals surface area contributed by atoms with Gasteiger partial charge in [0.2, 0.25) is 0 Å². The standard InChI is InChI=1S/C4H4O3.Na.H/c5-3-1-2-4(6)7-3;;/h1-2H2;;/q;+1;-1. The van der Waals surface area contributed by atoms with Gasteiger partial charge in [0.25, 0.3) is 0 Å². The van der Waals surface area contributed by atoms with Crippen molar-refractivity contribution in [2.75, 3.05) is 0 Å². The van der Waals surface area contributed by atoms with E-state index in [2.05, 4.69) is 4.74 Å². The number of carbonyl (C=O) groups is 2. The van der Waals surface area contributed by atoms with Crippen LogP contribution in [-0.4, -0.2) is 11.9 Å². The molecule has 0 amide bonds. The zero-order valence-electron chi connectivity index (χ0n) is 5.64. The predicted molar refractivity (Wildman–Crippen MR) is 21.4 cm³/mol. The normalized spacial score (nSPS) is 17.5. The quantitative estimate of drug-likeness (QED) is 0.196. The van der Waals surface area contributed by atoms with E-state index >= 15 is 0 Å². The molecule has 0 aliphatic carbocycles. The molecule has 0 atom stereocenters. The molecule has 0 saturated carbocycles. The maximum absolute atomic E-state index is 10.0. The van der Waals surface area contributed by atoms with Gasteiger partial charge in [-0.2, -0.15) is 0 Å². The van der Waals surface area contributed by atoms with Crippen molar-refractivity contribution in [2.24, 2.45) is 0 Å². The van der Waals surface area contributed by atoms with E-state index in [-0.39, 0.29) is 43.8 Å². The average molecular weight is 124 g/mol. The third-order valence-electron chi connectivity index (χ3n) is 0.761. The van der Waals surface area contributed by atoms with Gasteiger partial charge in [0.1, 0.15) is 0 Å². The summed E-state index contributed by atoms with van der Waals surface area (Å²) in [6.07, 6.45) is 0.525. The second-order valence-corrected chi connectivity index (χ2v) is 1.35. The second kappa shape index (κ2) is 3.22. The summed E-state index contributed by atoms with van der Waals surface area (Å²) in [7, 11) is 0. The van der Waals surface area contributed by atoms with Crippen LogP contribution in [-0.2, 0) is 14.3 Å². The van der Waals surface area contributed by atoms with Crippen molar-refractivity contribution >= 4 is 11.9 Å². The average Bonchev–Trinajstić information content (AvgIpc) is 1.87. The van der Waals surface area contributed by atoms with E-state index in [1.807, 2.05) is 0 Å². The molecule has 8 heavy (non-hydrogen) atoms. The Balaban J connectivity index is 0. The van der Waals surface area contributed by atoms with E-state index in [1.165, 1.54) is 0 Å². The molecular weight excluding hydrogens is 119 g/mol. The van der Waals surface area contributed by atoms with Gasteiger partial charge in [0.15, 0.2) is 0 Å². The van der Waals surface area contributed by atoms with Gasteiger partial charge in [0, 0.05) is 0 Å². The molecule has 3 nitrogen and oxygen atoms in total. The van der Waals surface area contributed by atoms with Crippen LogP contribution < -0.4 is 29.6 Å². The Hall–Kier alpha value is 0.140. The van der Waals surface area contributed by atoms with Gasteiger partial charge < -0.3 is 6.16 Å². The minimum Gasteiger partial charge on any atom is -1.00 e. The van der Waals surface area contributed by atoms with Crippen molar-refractivity contribution in [2.45, 2.75) is 12.8 Å². The minimum atomic E-state index is -0.398. The summed E-state index contributed by atoms with van der Waals surface area (Å²) >= 11 is 0. The van der Waals surface area contributed by atoms with E-state index in [9.17, 15) is 9.59 Å². The minimum absolute atomic E-state index is 0. The molecule has 4 heteroatoms. The summed E-state index contributed by atoms with van der Waals surface area (Å²) < 4.78 is 4.08. The number of esters is 2. The van der Waals surface area contributed by atoms with Crippen molar-refractivity contribution in [3.63, 3.8) is 0 Å². The van der Waals surface area contributed by atoms with E-state index in [0.29, 0.717) is 0 Å². The fraction of sp³-hybridized carbons (Fsp3) is 0.500. The van der Waals surface area contributed by atoms with E-state index < -0.39 is 11.9 Å². The van der Waals surface area contributed by atoms with Crippen LogP contribution in [0.4, 0.5) is 0 Å². The molecule has 1 saturated heterocycles. The molecule has 0 aromatic rings. The van der Waals surface area contributed by atoms with E-state index in [0.717, 1.165) is 0 Å². The SMILES string of the molecule is O=C1CCC(=O)O1.[H-].[Na+]. The predicted octanol–water partition coefficient (Wildman–Crippen LogP) is -3.03. The summed E-state index contributed by atoms with van der Waals surface area (Å²) in [5.41, 5.74) is 0. The van der Waals surface area contributed by atoms with Crippen LogP contribution in [0.3, 0.4) is 0 Å². The molecule has 0 aromatic heterocycles. The maximum Gasteiger partial charge on any atom is 1.00 e. The summed E-state index contributed by atoms with van der Waals surface area (Å²) in [5, 5.41) is 0. The topological polar surface area (TPSA) is 43.4 Å². The third-order valence-corrected chi connectivity index (χ3v) is 0.761. The van der Waals surface area contributed by atoms with E-state index in [4.69, 9.17) is 0 Å². The maximum atomic E-state index is 10.0. The molecule has 0 radical (unpaired) electrons. The summed E-state index contributed by atoms with van der Waals surface area (Å²) in [5.74, 6) is -0.796. The van der Waals surface area contributed by atoms with Crippen LogP contribution >= 0.6 is 0 Å². The number of ether oxygens (including phenoxy) is 1. The van der Waals surface area contributed by atoms with Crippen molar-refractivity contribution < 1.29 is 45.3 Å². The molecule has 1 rings (SSSR count). The largest absolute Gasteiger partial charge is 1.00 e. The zero-order chi connectivity index (χ0) is 5.28. The first kappa shape index (κ1) is 8.14. The van der Waals surface area contributed by atoms with Gasteiger partial charge in [-0.1, -0.05) is 0 Å². The van der Waals surface area contributed by atoms with Crippen LogP contribution in [0, 0.1) is 0 Å². The smallest absolute Gasteiger partial charge is 1.00 e. The molecule has 1 fully saturated rings. The van der Waals surface area contributed by atoms with Gasteiger partial charge in [-0.25, -0.2) is 0 Å². The number of hydrogen-bond donors (Lipinski definition) is 0. The van der Waals surface area contributed by atoms with Gasteiger partial charge in [-0.05, 0) is 0 Å². The molecule has 0 bridgehead atoms. The summed E-state index contributed by atoms with van der Waals surface area (Å²) in [4.78, 5) is 20.0. The fourth-order valence-corrected chi connectivity index (χ4v) is 0.433. The van der Waals surface area contributed by atoms with Crippen LogP contribution in [0.5, 0.6) is 0 Å². The van der Waals surface area contributed by atoms with Gasteiger partial charge in [-0.15, -0.1) is 0 Å². The Kier molecular flexibility index (Phi) is 3.28. The number of carbonyl (C=O) groups excluding carboxylic acids is 2. The Labute approximate surface area is 70.2 Å². The zero-order valence-corrected chi connectivity index (χ0v) is 6.64. The van der Waals surface area contributed by atoms with Gasteiger partial charge in [-0.3, -0.25) is 9.59 Å². The van der Waals surface area contributed by atoms with Crippen molar-refractivity contribution in [1.82, 2.24) is 0 Å². The van der Waals surface area contributed by atoms with Crippen LogP contribution in [0.1, 0.15) is 14.3 Å². The molecular formula is C4H5NaO3.